The summed E-state index contributed by atoms with van der Waals surface area (Å²) in [7, 11) is 3.39. The van der Waals surface area contributed by atoms with Gasteiger partial charge in [0.2, 0.25) is 5.91 Å². The van der Waals surface area contributed by atoms with Crippen LogP contribution < -0.4 is 14.8 Å². The van der Waals surface area contributed by atoms with Crippen molar-refractivity contribution in [2.45, 2.75) is 62.7 Å². The zero-order valence-corrected chi connectivity index (χ0v) is 28.9. The quantitative estimate of drug-likeness (QED) is 0.123. The molecule has 0 atom stereocenters. The van der Waals surface area contributed by atoms with Crippen molar-refractivity contribution >= 4 is 18.3 Å². The lowest BCUT2D eigenvalue weighted by atomic mass is 9.68. The average molecular weight is 655 g/mol. The van der Waals surface area contributed by atoms with Crippen LogP contribution in [-0.4, -0.2) is 51.2 Å². The SMILES string of the molecule is COc1ccc(CCC(=O)NCCCC(CCCN2CCC(c3ccc(OC)cc3)CC2)(c2ccccc2)c2ccccc2)cc1.Cl. The highest BCUT2D eigenvalue weighted by Crippen LogP contribution is 2.41. The minimum Gasteiger partial charge on any atom is -0.497 e. The summed E-state index contributed by atoms with van der Waals surface area (Å²) in [6.45, 7) is 4.08. The highest BCUT2D eigenvalue weighted by Gasteiger charge is 2.33. The highest BCUT2D eigenvalue weighted by molar-refractivity contribution is 5.85. The molecular weight excluding hydrogens is 604 g/mol. The molecule has 47 heavy (non-hydrogen) atoms. The van der Waals surface area contributed by atoms with Gasteiger partial charge in [-0.2, -0.15) is 0 Å². The smallest absolute Gasteiger partial charge is 0.220 e. The van der Waals surface area contributed by atoms with Gasteiger partial charge >= 0.3 is 0 Å². The Labute approximate surface area is 288 Å². The lowest BCUT2D eigenvalue weighted by Crippen LogP contribution is -2.35. The van der Waals surface area contributed by atoms with E-state index in [1.807, 2.05) is 24.3 Å². The third kappa shape index (κ3) is 10.1. The van der Waals surface area contributed by atoms with Crippen molar-refractivity contribution < 1.29 is 14.3 Å². The molecule has 0 radical (unpaired) electrons. The summed E-state index contributed by atoms with van der Waals surface area (Å²) in [6, 6.07) is 38.6. The van der Waals surface area contributed by atoms with Gasteiger partial charge in [-0.25, -0.2) is 0 Å². The van der Waals surface area contributed by atoms with E-state index >= 15 is 0 Å². The van der Waals surface area contributed by atoms with Gasteiger partial charge in [-0.1, -0.05) is 84.9 Å². The van der Waals surface area contributed by atoms with Crippen LogP contribution in [0, 0.1) is 0 Å². The van der Waals surface area contributed by atoms with Crippen molar-refractivity contribution in [3.8, 4) is 11.5 Å². The first kappa shape index (κ1) is 36.0. The first-order valence-electron chi connectivity index (χ1n) is 17.0. The number of hydrogen-bond donors (Lipinski definition) is 1. The Hall–Kier alpha value is -3.80. The summed E-state index contributed by atoms with van der Waals surface area (Å²) < 4.78 is 10.6. The molecule has 0 bridgehead atoms. The fourth-order valence-electron chi connectivity index (χ4n) is 7.11. The van der Waals surface area contributed by atoms with Crippen LogP contribution in [0.1, 0.15) is 73.1 Å². The summed E-state index contributed by atoms with van der Waals surface area (Å²) in [4.78, 5) is 15.4. The van der Waals surface area contributed by atoms with Crippen LogP contribution >= 0.6 is 12.4 Å². The third-order valence-corrected chi connectivity index (χ3v) is 9.81. The molecule has 4 aromatic rings. The number of carbonyl (C=O) groups excluding carboxylic acids is 1. The van der Waals surface area contributed by atoms with Crippen molar-refractivity contribution in [2.24, 2.45) is 0 Å². The van der Waals surface area contributed by atoms with E-state index in [9.17, 15) is 4.79 Å². The Kier molecular flexibility index (Phi) is 14.2. The summed E-state index contributed by atoms with van der Waals surface area (Å²) in [5, 5.41) is 3.20. The Morgan fingerprint density at radius 2 is 1.28 bits per heavy atom. The summed E-state index contributed by atoms with van der Waals surface area (Å²) >= 11 is 0. The van der Waals surface area contributed by atoms with Gasteiger partial charge in [0.25, 0.3) is 0 Å². The maximum atomic E-state index is 12.7. The molecule has 5 rings (SSSR count). The maximum Gasteiger partial charge on any atom is 0.220 e. The summed E-state index contributed by atoms with van der Waals surface area (Å²) in [5.74, 6) is 2.50. The number of nitrogens with one attached hydrogen (secondary N) is 1. The van der Waals surface area contributed by atoms with Crippen molar-refractivity contribution in [3.05, 3.63) is 131 Å². The lowest BCUT2D eigenvalue weighted by molar-refractivity contribution is -0.121. The Morgan fingerprint density at radius 1 is 0.745 bits per heavy atom. The van der Waals surface area contributed by atoms with Gasteiger partial charge in [-0.15, -0.1) is 12.4 Å². The number of amides is 1. The van der Waals surface area contributed by atoms with Crippen molar-refractivity contribution in [3.63, 3.8) is 0 Å². The number of rotatable bonds is 16. The molecule has 5 nitrogen and oxygen atoms in total. The van der Waals surface area contributed by atoms with Crippen LogP contribution in [0.4, 0.5) is 0 Å². The molecule has 1 fully saturated rings. The largest absolute Gasteiger partial charge is 0.497 e. The van der Waals surface area contributed by atoms with Gasteiger partial charge in [0, 0.05) is 18.4 Å². The number of methoxy groups -OCH3 is 2. The van der Waals surface area contributed by atoms with Crippen LogP contribution in [0.2, 0.25) is 0 Å². The van der Waals surface area contributed by atoms with Gasteiger partial charge < -0.3 is 19.7 Å². The number of piperidine rings is 1. The van der Waals surface area contributed by atoms with E-state index in [-0.39, 0.29) is 23.7 Å². The number of benzene rings is 4. The fraction of sp³-hybridized carbons (Fsp3) is 0.390. The first-order valence-corrected chi connectivity index (χ1v) is 17.0. The van der Waals surface area contributed by atoms with Gasteiger partial charge in [-0.05, 0) is 117 Å². The summed E-state index contributed by atoms with van der Waals surface area (Å²) in [5.41, 5.74) is 5.21. The molecule has 1 saturated heterocycles. The predicted molar refractivity (Wildman–Crippen MR) is 195 cm³/mol. The topological polar surface area (TPSA) is 50.8 Å². The van der Waals surface area contributed by atoms with Crippen molar-refractivity contribution in [2.75, 3.05) is 40.4 Å². The first-order chi connectivity index (χ1) is 22.6. The van der Waals surface area contributed by atoms with Crippen LogP contribution in [0.3, 0.4) is 0 Å². The zero-order chi connectivity index (χ0) is 32.0. The Morgan fingerprint density at radius 3 is 1.83 bits per heavy atom. The standard InChI is InChI=1S/C41H50N2O3.ClH/c1-45-38-20-15-33(16-21-38)17-24-40(44)42-29-9-27-41(36-11-5-3-6-12-36,37-13-7-4-8-14-37)28-10-30-43-31-25-35(26-32-43)34-18-22-39(46-2)23-19-34;/h3-8,11-16,18-23,35H,9-10,17,24-32H2,1-2H3,(H,42,44);1H. The molecule has 0 aliphatic carbocycles. The van der Waals surface area contributed by atoms with E-state index in [0.29, 0.717) is 18.9 Å². The van der Waals surface area contributed by atoms with E-state index in [4.69, 9.17) is 9.47 Å². The second-order valence-electron chi connectivity index (χ2n) is 12.6. The van der Waals surface area contributed by atoms with Gasteiger partial charge in [0.15, 0.2) is 0 Å². The molecule has 0 aromatic heterocycles. The Balaban J connectivity index is 0.00000500. The van der Waals surface area contributed by atoms with Crippen LogP contribution in [0.15, 0.2) is 109 Å². The molecular formula is C41H51ClN2O3. The minimum atomic E-state index is -0.0994. The molecule has 0 saturated carbocycles. The maximum absolute atomic E-state index is 12.7. The van der Waals surface area contributed by atoms with E-state index in [0.717, 1.165) is 68.8 Å². The van der Waals surface area contributed by atoms with E-state index < -0.39 is 0 Å². The molecule has 1 heterocycles. The Bertz CT molecular complexity index is 1420. The highest BCUT2D eigenvalue weighted by atomic mass is 35.5. The fourth-order valence-corrected chi connectivity index (χ4v) is 7.11. The minimum absolute atomic E-state index is 0. The molecule has 1 N–H and O–H groups in total. The van der Waals surface area contributed by atoms with Gasteiger partial charge in [0.1, 0.15) is 11.5 Å². The number of halogens is 1. The predicted octanol–water partition coefficient (Wildman–Crippen LogP) is 8.60. The van der Waals surface area contributed by atoms with Crippen molar-refractivity contribution in [1.82, 2.24) is 10.2 Å². The molecule has 250 valence electrons. The van der Waals surface area contributed by atoms with Gasteiger partial charge in [-0.3, -0.25) is 4.79 Å². The molecule has 4 aromatic carbocycles. The molecule has 1 aliphatic heterocycles. The number of hydrogen-bond acceptors (Lipinski definition) is 4. The number of aryl methyl sites for hydroxylation is 1. The van der Waals surface area contributed by atoms with Gasteiger partial charge in [0.05, 0.1) is 14.2 Å². The molecule has 1 aliphatic rings. The van der Waals surface area contributed by atoms with E-state index in [1.165, 1.54) is 29.5 Å². The number of nitrogens with zero attached hydrogens (tertiary/aromatic N) is 1. The average Bonchev–Trinajstić information content (AvgIpc) is 3.13. The molecule has 0 unspecified atom stereocenters. The zero-order valence-electron chi connectivity index (χ0n) is 28.0. The van der Waals surface area contributed by atoms with Crippen LogP contribution in [-0.2, 0) is 16.6 Å². The molecule has 0 spiro atoms. The number of likely N-dealkylation sites (tertiary alicyclic amines) is 1. The number of carbonyl (C=O) groups is 1. The van der Waals surface area contributed by atoms with Crippen LogP contribution in [0.5, 0.6) is 11.5 Å². The lowest BCUT2D eigenvalue weighted by Gasteiger charge is -2.37. The molecule has 1 amide bonds. The van der Waals surface area contributed by atoms with E-state index in [1.54, 1.807) is 14.2 Å². The monoisotopic (exact) mass is 654 g/mol. The van der Waals surface area contributed by atoms with Crippen molar-refractivity contribution in [1.29, 1.82) is 0 Å². The second-order valence-corrected chi connectivity index (χ2v) is 12.6. The number of ether oxygens (including phenoxy) is 2. The second kappa shape index (κ2) is 18.5. The normalized spacial score (nSPS) is 13.8. The summed E-state index contributed by atoms with van der Waals surface area (Å²) in [6.07, 6.45) is 7.73. The van der Waals surface area contributed by atoms with Crippen LogP contribution in [0.25, 0.3) is 0 Å². The van der Waals surface area contributed by atoms with E-state index in [2.05, 4.69) is 95.1 Å². The third-order valence-electron chi connectivity index (χ3n) is 9.81. The molecule has 6 heteroatoms.